The summed E-state index contributed by atoms with van der Waals surface area (Å²) in [7, 11) is 1.50. The Kier molecular flexibility index (Phi) is 11.2. The van der Waals surface area contributed by atoms with E-state index in [1.807, 2.05) is 36.4 Å². The highest BCUT2D eigenvalue weighted by atomic mass is 79.9. The molecule has 0 atom stereocenters. The molecule has 2 heterocycles. The number of carboxylic acid groups (broad SMARTS) is 1. The Labute approximate surface area is 195 Å². The number of aromatic nitrogens is 2. The first kappa shape index (κ1) is 26.6. The first-order valence-corrected chi connectivity index (χ1v) is 11.2. The molecule has 0 aliphatic carbocycles. The maximum absolute atomic E-state index is 10.5. The molecule has 0 aliphatic rings. The highest BCUT2D eigenvalue weighted by molar-refractivity contribution is 9.10. The van der Waals surface area contributed by atoms with Crippen LogP contribution in [-0.2, 0) is 16.6 Å². The van der Waals surface area contributed by atoms with Crippen molar-refractivity contribution in [3.8, 4) is 11.4 Å². The highest BCUT2D eigenvalue weighted by Gasteiger charge is 2.15. The minimum atomic E-state index is -0.782. The third-order valence-corrected chi connectivity index (χ3v) is 5.79. The van der Waals surface area contributed by atoms with Crippen LogP contribution < -0.4 is 5.73 Å². The van der Waals surface area contributed by atoms with Crippen LogP contribution in [0.25, 0.3) is 11.4 Å². The lowest BCUT2D eigenvalue weighted by molar-refractivity contribution is -0.136. The Bertz CT molecular complexity index is 949. The molecule has 0 fully saturated rings. The molecule has 0 saturated carbocycles. The Morgan fingerprint density at radius 3 is 2.10 bits per heavy atom. The van der Waals surface area contributed by atoms with Crippen LogP contribution in [0.1, 0.15) is 47.3 Å². The van der Waals surface area contributed by atoms with Crippen LogP contribution in [0.5, 0.6) is 0 Å². The quantitative estimate of drug-likeness (QED) is 0.452. The third kappa shape index (κ3) is 9.50. The van der Waals surface area contributed by atoms with Crippen molar-refractivity contribution < 1.29 is 14.7 Å². The van der Waals surface area contributed by atoms with E-state index in [4.69, 9.17) is 5.11 Å². The second kappa shape index (κ2) is 13.1. The molecule has 0 saturated heterocycles. The van der Waals surface area contributed by atoms with Crippen LogP contribution >= 0.6 is 27.3 Å². The van der Waals surface area contributed by atoms with Crippen molar-refractivity contribution in [1.29, 1.82) is 0 Å². The summed E-state index contributed by atoms with van der Waals surface area (Å²) in [6.07, 6.45) is 4.98. The van der Waals surface area contributed by atoms with Crippen molar-refractivity contribution in [3.63, 3.8) is 0 Å². The van der Waals surface area contributed by atoms with Crippen molar-refractivity contribution in [2.24, 2.45) is 5.73 Å². The molecule has 0 unspecified atom stereocenters. The maximum Gasteiger partial charge on any atom is 0.303 e. The number of hydrogen-bond donors (Lipinski definition) is 2. The fraction of sp³-hybridized carbons (Fsp3) is 0.304. The molecule has 0 amide bonds. The number of aldehydes is 1. The van der Waals surface area contributed by atoms with Gasteiger partial charge in [-0.15, -0.1) is 11.3 Å². The summed E-state index contributed by atoms with van der Waals surface area (Å²) in [4.78, 5) is 31.3. The summed E-state index contributed by atoms with van der Waals surface area (Å²) in [5.41, 5.74) is 6.59. The number of nitrogens with two attached hydrogens (primary N) is 1. The van der Waals surface area contributed by atoms with E-state index in [2.05, 4.69) is 52.4 Å². The topological polar surface area (TPSA) is 106 Å². The number of rotatable bonds is 5. The van der Waals surface area contributed by atoms with Crippen molar-refractivity contribution >= 4 is 39.5 Å². The van der Waals surface area contributed by atoms with Crippen LogP contribution in [0.2, 0.25) is 0 Å². The first-order valence-electron chi connectivity index (χ1n) is 9.61. The lowest BCUT2D eigenvalue weighted by Crippen LogP contribution is -2.07. The number of carbonyl (C=O) groups is 2. The molecule has 0 spiro atoms. The Morgan fingerprint density at radius 2 is 1.68 bits per heavy atom. The number of halogens is 1. The molecule has 3 aromatic rings. The molecular weight excluding hydrogens is 478 g/mol. The van der Waals surface area contributed by atoms with Crippen LogP contribution in [-0.4, -0.2) is 34.4 Å². The van der Waals surface area contributed by atoms with Crippen molar-refractivity contribution in [3.05, 3.63) is 68.6 Å². The van der Waals surface area contributed by atoms with Gasteiger partial charge in [0.15, 0.2) is 12.1 Å². The lowest BCUT2D eigenvalue weighted by atomic mass is 9.95. The van der Waals surface area contributed by atoms with E-state index < -0.39 is 5.97 Å². The van der Waals surface area contributed by atoms with Crippen LogP contribution in [0.4, 0.5) is 0 Å². The summed E-state index contributed by atoms with van der Waals surface area (Å²) in [5, 5.41) is 8.61. The molecule has 0 bridgehead atoms. The second-order valence-electron chi connectivity index (χ2n) is 7.39. The van der Waals surface area contributed by atoms with Gasteiger partial charge in [0.05, 0.1) is 9.35 Å². The van der Waals surface area contributed by atoms with E-state index in [-0.39, 0.29) is 11.8 Å². The molecule has 8 heteroatoms. The Balaban J connectivity index is 0.000000317. The van der Waals surface area contributed by atoms with Gasteiger partial charge in [-0.3, -0.25) is 9.59 Å². The molecule has 3 rings (SSSR count). The molecule has 1 aromatic carbocycles. The smallest absolute Gasteiger partial charge is 0.303 e. The first-order chi connectivity index (χ1) is 14.7. The number of carboxylic acids is 1. The number of hydrogen-bond acceptors (Lipinski definition) is 6. The van der Waals surface area contributed by atoms with Gasteiger partial charge in [-0.1, -0.05) is 45.0 Å². The van der Waals surface area contributed by atoms with Gasteiger partial charge in [-0.2, -0.15) is 0 Å². The second-order valence-corrected chi connectivity index (χ2v) is 9.42. The van der Waals surface area contributed by atoms with E-state index in [9.17, 15) is 9.59 Å². The van der Waals surface area contributed by atoms with Crippen LogP contribution in [0.15, 0.2) is 53.3 Å². The molecule has 31 heavy (non-hydrogen) atoms. The summed E-state index contributed by atoms with van der Waals surface area (Å²) in [6, 6.07) is 11.5. The molecular formula is C23H28BrN3O3S. The summed E-state index contributed by atoms with van der Waals surface area (Å²) < 4.78 is 0.837. The molecule has 3 N–H and O–H groups in total. The minimum Gasteiger partial charge on any atom is -0.481 e. The minimum absolute atomic E-state index is 0.147. The number of carbonyl (C=O) groups excluding carboxylic acids is 1. The van der Waals surface area contributed by atoms with Crippen molar-refractivity contribution in [2.45, 2.75) is 39.0 Å². The average molecular weight is 506 g/mol. The van der Waals surface area contributed by atoms with Gasteiger partial charge in [0.25, 0.3) is 0 Å². The number of nitrogens with zero attached hydrogens (tertiary/aromatic N) is 2. The molecule has 0 radical (unpaired) electrons. The van der Waals surface area contributed by atoms with E-state index >= 15 is 0 Å². The summed E-state index contributed by atoms with van der Waals surface area (Å²) in [5.74, 6) is -0.127. The zero-order valence-electron chi connectivity index (χ0n) is 18.1. The van der Waals surface area contributed by atoms with Crippen molar-refractivity contribution in [1.82, 2.24) is 9.97 Å². The zero-order chi connectivity index (χ0) is 23.4. The fourth-order valence-electron chi connectivity index (χ4n) is 2.35. The van der Waals surface area contributed by atoms with Crippen LogP contribution in [0, 0.1) is 0 Å². The summed E-state index contributed by atoms with van der Waals surface area (Å²) >= 11 is 4.85. The normalized spacial score (nSPS) is 10.3. The average Bonchev–Trinajstić information content (AvgIpc) is 3.25. The number of aryl methyl sites for hydroxylation is 1. The largest absolute Gasteiger partial charge is 0.481 e. The van der Waals surface area contributed by atoms with Gasteiger partial charge in [-0.25, -0.2) is 9.97 Å². The standard InChI is InChI=1S/C13H11BrN2O2.C9H12OS.CH5N/c14-11-7-15-13(16-8-11)10-4-1-9(2-5-10)3-6-12(17)18;1-9(2,3)8-5-4-7(6-10)11-8;1-2/h1-2,4-5,7-8H,3,6H2,(H,17,18);4-6H,1-3H3;2H2,1H3. The lowest BCUT2D eigenvalue weighted by Gasteiger charge is -2.14. The van der Waals surface area contributed by atoms with Gasteiger partial charge < -0.3 is 10.8 Å². The van der Waals surface area contributed by atoms with Crippen molar-refractivity contribution in [2.75, 3.05) is 7.05 Å². The van der Waals surface area contributed by atoms with E-state index in [0.29, 0.717) is 12.2 Å². The van der Waals surface area contributed by atoms with Gasteiger partial charge in [0.1, 0.15) is 0 Å². The number of aliphatic carboxylic acids is 1. The predicted molar refractivity (Wildman–Crippen MR) is 130 cm³/mol. The molecule has 2 aromatic heterocycles. The third-order valence-electron chi connectivity index (χ3n) is 3.94. The maximum atomic E-state index is 10.5. The highest BCUT2D eigenvalue weighted by Crippen LogP contribution is 2.28. The number of thiophene rings is 1. The van der Waals surface area contributed by atoms with Crippen LogP contribution in [0.3, 0.4) is 0 Å². The molecule has 6 nitrogen and oxygen atoms in total. The zero-order valence-corrected chi connectivity index (χ0v) is 20.5. The van der Waals surface area contributed by atoms with Gasteiger partial charge in [-0.05, 0) is 52.5 Å². The van der Waals surface area contributed by atoms with E-state index in [1.165, 1.54) is 11.9 Å². The van der Waals surface area contributed by atoms with E-state index in [1.54, 1.807) is 23.7 Å². The Morgan fingerprint density at radius 1 is 1.10 bits per heavy atom. The summed E-state index contributed by atoms with van der Waals surface area (Å²) in [6.45, 7) is 6.44. The van der Waals surface area contributed by atoms with Gasteiger partial charge in [0, 0.05) is 29.3 Å². The number of benzene rings is 1. The molecule has 166 valence electrons. The SMILES string of the molecule is CC(C)(C)c1ccc(C=O)s1.CN.O=C(O)CCc1ccc(-c2ncc(Br)cn2)cc1. The predicted octanol–water partition coefficient (Wildman–Crippen LogP) is 5.36. The van der Waals surface area contributed by atoms with Gasteiger partial charge >= 0.3 is 5.97 Å². The molecule has 0 aliphatic heterocycles. The fourth-order valence-corrected chi connectivity index (χ4v) is 3.44. The van der Waals surface area contributed by atoms with Gasteiger partial charge in [0.2, 0.25) is 0 Å². The Hall–Kier alpha value is -2.42. The van der Waals surface area contributed by atoms with E-state index in [0.717, 1.165) is 26.8 Å². The monoisotopic (exact) mass is 505 g/mol.